The molecule has 0 amide bonds. The summed E-state index contributed by atoms with van der Waals surface area (Å²) in [6, 6.07) is 0. The normalized spacial score (nSPS) is 13.1. The van der Waals surface area contributed by atoms with Gasteiger partial charge in [0.25, 0.3) is 0 Å². The fourth-order valence-corrected chi connectivity index (χ4v) is 2.81. The van der Waals surface area contributed by atoms with Crippen molar-refractivity contribution in [3.63, 3.8) is 0 Å². The number of alkyl halides is 1. The quantitative estimate of drug-likeness (QED) is 0.805. The van der Waals surface area contributed by atoms with Crippen LogP contribution in [0.1, 0.15) is 41.7 Å². The van der Waals surface area contributed by atoms with Gasteiger partial charge >= 0.3 is 0 Å². The maximum absolute atomic E-state index is 4.56. The molecule has 0 radical (unpaired) electrons. The van der Waals surface area contributed by atoms with Gasteiger partial charge in [-0.05, 0) is 13.5 Å². The molecule has 0 aliphatic rings. The van der Waals surface area contributed by atoms with E-state index in [1.54, 1.807) is 11.3 Å². The summed E-state index contributed by atoms with van der Waals surface area (Å²) in [5.74, 6) is 0. The molecule has 80 valence electrons. The van der Waals surface area contributed by atoms with Crippen LogP contribution in [-0.2, 0) is 6.54 Å². The molecule has 1 atom stereocenters. The first-order valence-electron chi connectivity index (χ1n) is 5.01. The number of halogens is 1. The van der Waals surface area contributed by atoms with E-state index in [9.17, 15) is 0 Å². The van der Waals surface area contributed by atoms with Gasteiger partial charge in [-0.2, -0.15) is 0 Å². The van der Waals surface area contributed by atoms with Crippen molar-refractivity contribution in [1.29, 1.82) is 0 Å². The lowest BCUT2D eigenvalue weighted by molar-refractivity contribution is 0.706. The summed E-state index contributed by atoms with van der Waals surface area (Å²) in [6.07, 6.45) is 3.69. The monoisotopic (exact) mass is 276 g/mol. The van der Waals surface area contributed by atoms with Crippen LogP contribution in [0.25, 0.3) is 0 Å². The van der Waals surface area contributed by atoms with Gasteiger partial charge in [-0.25, -0.2) is 4.98 Å². The Kier molecular flexibility index (Phi) is 5.67. The third-order valence-electron chi connectivity index (χ3n) is 2.01. The number of hydrogen-bond donors (Lipinski definition) is 1. The van der Waals surface area contributed by atoms with Crippen LogP contribution in [0.15, 0.2) is 5.38 Å². The van der Waals surface area contributed by atoms with Crippen LogP contribution in [0.2, 0.25) is 0 Å². The second-order valence-electron chi connectivity index (χ2n) is 3.32. The van der Waals surface area contributed by atoms with Gasteiger partial charge in [-0.1, -0.05) is 35.7 Å². The third-order valence-corrected chi connectivity index (χ3v) is 4.21. The number of hydrogen-bond acceptors (Lipinski definition) is 3. The summed E-state index contributed by atoms with van der Waals surface area (Å²) in [7, 11) is 1.95. The fraction of sp³-hybridized carbons (Fsp3) is 0.700. The smallest absolute Gasteiger partial charge is 0.107 e. The zero-order valence-corrected chi connectivity index (χ0v) is 11.1. The Morgan fingerprint density at radius 1 is 1.64 bits per heavy atom. The molecule has 1 unspecified atom stereocenters. The minimum absolute atomic E-state index is 0.443. The highest BCUT2D eigenvalue weighted by Gasteiger charge is 2.10. The first kappa shape index (κ1) is 12.1. The van der Waals surface area contributed by atoms with E-state index in [2.05, 4.69) is 38.5 Å². The molecule has 0 aliphatic carbocycles. The van der Waals surface area contributed by atoms with Crippen molar-refractivity contribution >= 4 is 27.3 Å². The minimum atomic E-state index is 0.443. The fourth-order valence-electron chi connectivity index (χ4n) is 1.24. The second-order valence-corrected chi connectivity index (χ2v) is 5.31. The van der Waals surface area contributed by atoms with Crippen LogP contribution >= 0.6 is 27.3 Å². The molecule has 1 rings (SSSR count). The summed E-state index contributed by atoms with van der Waals surface area (Å²) < 4.78 is 0. The standard InChI is InChI=1S/C10H17BrN2S/c1-3-4-5-9(11)10-13-8(6-12-2)7-14-10/h7,9,12H,3-6H2,1-2H3. The van der Waals surface area contributed by atoms with Gasteiger partial charge in [0.05, 0.1) is 10.5 Å². The van der Waals surface area contributed by atoms with Crippen molar-refractivity contribution in [2.45, 2.75) is 37.6 Å². The maximum Gasteiger partial charge on any atom is 0.107 e. The SMILES string of the molecule is CCCCC(Br)c1nc(CNC)cs1. The number of nitrogens with zero attached hydrogens (tertiary/aromatic N) is 1. The molecule has 2 nitrogen and oxygen atoms in total. The Balaban J connectivity index is 2.48. The van der Waals surface area contributed by atoms with Gasteiger partial charge in [-0.3, -0.25) is 0 Å². The van der Waals surface area contributed by atoms with Crippen molar-refractivity contribution < 1.29 is 0 Å². The van der Waals surface area contributed by atoms with E-state index in [0.29, 0.717) is 4.83 Å². The van der Waals surface area contributed by atoms with Gasteiger partial charge in [0, 0.05) is 11.9 Å². The lowest BCUT2D eigenvalue weighted by Gasteiger charge is -2.04. The Labute approximate surface area is 98.3 Å². The molecule has 0 spiro atoms. The molecule has 1 aromatic rings. The molecule has 1 aromatic heterocycles. The third kappa shape index (κ3) is 3.67. The lowest BCUT2D eigenvalue weighted by atomic mass is 10.2. The second kappa shape index (κ2) is 6.53. The molecule has 1 heterocycles. The average Bonchev–Trinajstić information content (AvgIpc) is 2.63. The molecule has 1 N–H and O–H groups in total. The molecular weight excluding hydrogens is 260 g/mol. The molecule has 0 bridgehead atoms. The van der Waals surface area contributed by atoms with Crippen molar-refractivity contribution in [1.82, 2.24) is 10.3 Å². The lowest BCUT2D eigenvalue weighted by Crippen LogP contribution is -2.05. The van der Waals surface area contributed by atoms with Crippen LogP contribution in [0.4, 0.5) is 0 Å². The maximum atomic E-state index is 4.56. The summed E-state index contributed by atoms with van der Waals surface area (Å²) in [4.78, 5) is 5.00. The highest BCUT2D eigenvalue weighted by molar-refractivity contribution is 9.09. The molecule has 0 saturated carbocycles. The van der Waals surface area contributed by atoms with E-state index in [-0.39, 0.29) is 0 Å². The van der Waals surface area contributed by atoms with Crippen molar-refractivity contribution in [3.8, 4) is 0 Å². The Morgan fingerprint density at radius 2 is 2.43 bits per heavy atom. The number of nitrogens with one attached hydrogen (secondary N) is 1. The van der Waals surface area contributed by atoms with Gasteiger partial charge in [-0.15, -0.1) is 11.3 Å². The zero-order valence-electron chi connectivity index (χ0n) is 8.72. The predicted octanol–water partition coefficient (Wildman–Crippen LogP) is 3.49. The molecule has 0 aromatic carbocycles. The first-order valence-corrected chi connectivity index (χ1v) is 6.80. The summed E-state index contributed by atoms with van der Waals surface area (Å²) in [6.45, 7) is 3.08. The van der Waals surface area contributed by atoms with Gasteiger partial charge in [0.1, 0.15) is 5.01 Å². The van der Waals surface area contributed by atoms with Gasteiger partial charge in [0.2, 0.25) is 0 Å². The highest BCUT2D eigenvalue weighted by atomic mass is 79.9. The van der Waals surface area contributed by atoms with Crippen LogP contribution in [0.5, 0.6) is 0 Å². The number of aromatic nitrogens is 1. The average molecular weight is 277 g/mol. The largest absolute Gasteiger partial charge is 0.314 e. The van der Waals surface area contributed by atoms with Gasteiger partial charge < -0.3 is 5.32 Å². The Morgan fingerprint density at radius 3 is 3.07 bits per heavy atom. The Hall–Kier alpha value is 0.0700. The van der Waals surface area contributed by atoms with E-state index >= 15 is 0 Å². The van der Waals surface area contributed by atoms with E-state index in [1.807, 2.05) is 7.05 Å². The van der Waals surface area contributed by atoms with E-state index in [1.165, 1.54) is 24.3 Å². The molecule has 0 aliphatic heterocycles. The number of rotatable bonds is 6. The van der Waals surface area contributed by atoms with Crippen LogP contribution in [0, 0.1) is 0 Å². The van der Waals surface area contributed by atoms with Crippen LogP contribution in [-0.4, -0.2) is 12.0 Å². The van der Waals surface area contributed by atoms with E-state index in [4.69, 9.17) is 0 Å². The van der Waals surface area contributed by atoms with Crippen molar-refractivity contribution in [2.75, 3.05) is 7.05 Å². The topological polar surface area (TPSA) is 24.9 Å². The Bertz CT molecular complexity index is 262. The summed E-state index contributed by atoms with van der Waals surface area (Å²) >= 11 is 5.43. The van der Waals surface area contributed by atoms with Crippen LogP contribution in [0.3, 0.4) is 0 Å². The molecule has 14 heavy (non-hydrogen) atoms. The molecule has 0 saturated heterocycles. The van der Waals surface area contributed by atoms with Gasteiger partial charge in [0.15, 0.2) is 0 Å². The highest BCUT2D eigenvalue weighted by Crippen LogP contribution is 2.30. The van der Waals surface area contributed by atoms with Crippen LogP contribution < -0.4 is 5.32 Å². The zero-order chi connectivity index (χ0) is 10.4. The summed E-state index contributed by atoms with van der Waals surface area (Å²) in [5, 5.41) is 6.45. The number of thiazole rings is 1. The molecular formula is C10H17BrN2S. The van der Waals surface area contributed by atoms with Crippen molar-refractivity contribution in [3.05, 3.63) is 16.1 Å². The predicted molar refractivity (Wildman–Crippen MR) is 66.1 cm³/mol. The summed E-state index contributed by atoms with van der Waals surface area (Å²) in [5.41, 5.74) is 1.15. The van der Waals surface area contributed by atoms with Crippen molar-refractivity contribution in [2.24, 2.45) is 0 Å². The molecule has 4 heteroatoms. The molecule has 0 fully saturated rings. The first-order chi connectivity index (χ1) is 6.77. The van der Waals surface area contributed by atoms with E-state index in [0.717, 1.165) is 12.2 Å². The number of unbranched alkanes of at least 4 members (excludes halogenated alkanes) is 1. The van der Waals surface area contributed by atoms with E-state index < -0.39 is 0 Å². The minimum Gasteiger partial charge on any atom is -0.314 e.